The average Bonchev–Trinajstić information content (AvgIpc) is 3.14. The van der Waals surface area contributed by atoms with Gasteiger partial charge in [-0.15, -0.1) is 0 Å². The number of carbonyl (C=O) groups excluding carboxylic acids is 1. The first-order valence-corrected chi connectivity index (χ1v) is 9.99. The third-order valence-electron chi connectivity index (χ3n) is 4.90. The van der Waals surface area contributed by atoms with Gasteiger partial charge in [0.05, 0.1) is 10.0 Å². The van der Waals surface area contributed by atoms with Crippen LogP contribution in [0.5, 0.6) is 0 Å². The predicted molar refractivity (Wildman–Crippen MR) is 111 cm³/mol. The molecule has 0 atom stereocenters. The molecule has 1 aromatic carbocycles. The van der Waals surface area contributed by atoms with Gasteiger partial charge in [0.15, 0.2) is 5.82 Å². The third kappa shape index (κ3) is 4.61. The highest BCUT2D eigenvalue weighted by atomic mass is 35.5. The Labute approximate surface area is 178 Å². The third-order valence-corrected chi connectivity index (χ3v) is 5.39. The molecule has 1 fully saturated rings. The lowest BCUT2D eigenvalue weighted by atomic mass is 9.99. The van der Waals surface area contributed by atoms with Gasteiger partial charge in [-0.25, -0.2) is 9.37 Å². The minimum Gasteiger partial charge on any atom is -0.350 e. The minimum absolute atomic E-state index is 0.181. The molecule has 0 bridgehead atoms. The van der Waals surface area contributed by atoms with Gasteiger partial charge in [-0.1, -0.05) is 35.3 Å². The molecule has 1 saturated heterocycles. The first-order chi connectivity index (χ1) is 14.0. The number of benzene rings is 1. The second kappa shape index (κ2) is 8.53. The highest BCUT2D eigenvalue weighted by molar-refractivity contribution is 6.35. The lowest BCUT2D eigenvalue weighted by Gasteiger charge is -2.39. The van der Waals surface area contributed by atoms with Crippen LogP contribution in [0.15, 0.2) is 54.9 Å². The molecule has 3 heterocycles. The number of pyridine rings is 1. The lowest BCUT2D eigenvalue weighted by Crippen LogP contribution is -2.50. The molecule has 0 radical (unpaired) electrons. The molecule has 8 heteroatoms. The van der Waals surface area contributed by atoms with Crippen LogP contribution in [-0.2, 0) is 6.54 Å². The second-order valence-electron chi connectivity index (χ2n) is 7.12. The maximum atomic E-state index is 13.0. The molecule has 0 aliphatic carbocycles. The Bertz CT molecular complexity index is 1020. The summed E-state index contributed by atoms with van der Waals surface area (Å²) < 4.78 is 14.6. The van der Waals surface area contributed by atoms with E-state index >= 15 is 0 Å². The molecule has 0 spiro atoms. The van der Waals surface area contributed by atoms with Gasteiger partial charge in [0.25, 0.3) is 5.91 Å². The highest BCUT2D eigenvalue weighted by Gasteiger charge is 2.27. The van der Waals surface area contributed by atoms with E-state index in [-0.39, 0.29) is 11.7 Å². The van der Waals surface area contributed by atoms with Gasteiger partial charge in [0.2, 0.25) is 0 Å². The molecular formula is C21H19Cl2FN4O. The molecule has 2 aromatic heterocycles. The van der Waals surface area contributed by atoms with Crippen molar-refractivity contribution in [3.63, 3.8) is 0 Å². The molecule has 0 unspecified atom stereocenters. The van der Waals surface area contributed by atoms with E-state index in [1.807, 2.05) is 0 Å². The van der Waals surface area contributed by atoms with Crippen molar-refractivity contribution >= 4 is 29.1 Å². The van der Waals surface area contributed by atoms with Crippen LogP contribution in [0.1, 0.15) is 16.1 Å². The van der Waals surface area contributed by atoms with E-state index in [9.17, 15) is 9.18 Å². The predicted octanol–water partition coefficient (Wildman–Crippen LogP) is 4.18. The first kappa shape index (κ1) is 19.9. The van der Waals surface area contributed by atoms with Crippen LogP contribution >= 0.6 is 23.2 Å². The molecule has 5 nitrogen and oxygen atoms in total. The van der Waals surface area contributed by atoms with Gasteiger partial charge in [0, 0.05) is 44.5 Å². The number of nitrogens with one attached hydrogen (secondary N) is 1. The van der Waals surface area contributed by atoms with Crippen molar-refractivity contribution in [1.29, 1.82) is 0 Å². The summed E-state index contributed by atoms with van der Waals surface area (Å²) >= 11 is 12.1. The number of aromatic nitrogens is 2. The zero-order valence-corrected chi connectivity index (χ0v) is 17.0. The lowest BCUT2D eigenvalue weighted by molar-refractivity contribution is 0.0794. The van der Waals surface area contributed by atoms with Crippen LogP contribution in [0.2, 0.25) is 10.0 Å². The minimum atomic E-state index is -0.224. The Morgan fingerprint density at radius 2 is 1.97 bits per heavy atom. The molecular weight excluding hydrogens is 414 g/mol. The Morgan fingerprint density at radius 1 is 1.21 bits per heavy atom. The van der Waals surface area contributed by atoms with Crippen LogP contribution < -0.4 is 5.32 Å². The number of hydrogen-bond acceptors (Lipinski definition) is 3. The summed E-state index contributed by atoms with van der Waals surface area (Å²) in [6.07, 6.45) is 3.24. The van der Waals surface area contributed by atoms with Crippen molar-refractivity contribution in [2.45, 2.75) is 6.54 Å². The van der Waals surface area contributed by atoms with Crippen LogP contribution in [0.25, 0.3) is 5.82 Å². The topological polar surface area (TPSA) is 50.2 Å². The van der Waals surface area contributed by atoms with E-state index in [0.29, 0.717) is 34.0 Å². The van der Waals surface area contributed by atoms with Crippen molar-refractivity contribution in [3.05, 3.63) is 82.0 Å². The Morgan fingerprint density at radius 3 is 2.69 bits per heavy atom. The summed E-state index contributed by atoms with van der Waals surface area (Å²) in [6, 6.07) is 11.6. The van der Waals surface area contributed by atoms with Gasteiger partial charge >= 0.3 is 0 Å². The molecule has 0 saturated carbocycles. The fourth-order valence-corrected chi connectivity index (χ4v) is 3.92. The summed E-state index contributed by atoms with van der Waals surface area (Å²) in [7, 11) is 0. The van der Waals surface area contributed by atoms with Gasteiger partial charge in [-0.05, 0) is 35.9 Å². The molecule has 1 aliphatic heterocycles. The van der Waals surface area contributed by atoms with Gasteiger partial charge in [0.1, 0.15) is 11.5 Å². The number of nitrogens with zero attached hydrogens (tertiary/aromatic N) is 3. The van der Waals surface area contributed by atoms with E-state index in [2.05, 4.69) is 15.2 Å². The Kier molecular flexibility index (Phi) is 5.85. The molecule has 150 valence electrons. The highest BCUT2D eigenvalue weighted by Crippen LogP contribution is 2.23. The summed E-state index contributed by atoms with van der Waals surface area (Å²) in [5.41, 5.74) is 1.54. The Hall–Kier alpha value is -2.41. The van der Waals surface area contributed by atoms with E-state index in [4.69, 9.17) is 23.2 Å². The largest absolute Gasteiger partial charge is 0.350 e. The average molecular weight is 433 g/mol. The number of likely N-dealkylation sites (tertiary alicyclic amines) is 1. The van der Waals surface area contributed by atoms with Crippen LogP contribution in [-0.4, -0.2) is 40.0 Å². The van der Waals surface area contributed by atoms with Crippen LogP contribution in [0.3, 0.4) is 0 Å². The zero-order chi connectivity index (χ0) is 20.4. The number of halogens is 3. The zero-order valence-electron chi connectivity index (χ0n) is 15.5. The number of hydrogen-bond donors (Lipinski definition) is 1. The van der Waals surface area contributed by atoms with E-state index < -0.39 is 0 Å². The summed E-state index contributed by atoms with van der Waals surface area (Å²) in [5, 5.41) is 3.80. The van der Waals surface area contributed by atoms with Crippen molar-refractivity contribution in [1.82, 2.24) is 19.8 Å². The van der Waals surface area contributed by atoms with E-state index in [0.717, 1.165) is 25.2 Å². The molecule has 29 heavy (non-hydrogen) atoms. The number of carbonyl (C=O) groups is 1. The van der Waals surface area contributed by atoms with Gasteiger partial charge < -0.3 is 5.32 Å². The van der Waals surface area contributed by atoms with Gasteiger partial charge in [-0.2, -0.15) is 0 Å². The van der Waals surface area contributed by atoms with Crippen molar-refractivity contribution in [3.8, 4) is 5.82 Å². The fourth-order valence-electron chi connectivity index (χ4n) is 3.45. The Balaban J connectivity index is 1.30. The molecule has 4 rings (SSSR count). The quantitative estimate of drug-likeness (QED) is 0.635. The summed E-state index contributed by atoms with van der Waals surface area (Å²) in [5.74, 6) is 0.443. The van der Waals surface area contributed by atoms with Crippen molar-refractivity contribution in [2.75, 3.05) is 19.6 Å². The van der Waals surface area contributed by atoms with E-state index in [1.54, 1.807) is 41.1 Å². The maximum absolute atomic E-state index is 13.0. The second-order valence-corrected chi connectivity index (χ2v) is 7.96. The molecule has 1 amide bonds. The fraction of sp³-hybridized carbons (Fsp3) is 0.238. The number of amides is 1. The first-order valence-electron chi connectivity index (χ1n) is 9.23. The van der Waals surface area contributed by atoms with Crippen molar-refractivity contribution in [2.24, 2.45) is 5.92 Å². The van der Waals surface area contributed by atoms with Gasteiger partial charge in [-0.3, -0.25) is 14.3 Å². The van der Waals surface area contributed by atoms with E-state index in [1.165, 1.54) is 18.3 Å². The maximum Gasteiger partial charge on any atom is 0.268 e. The normalized spacial score (nSPS) is 14.6. The molecule has 1 aliphatic rings. The summed E-state index contributed by atoms with van der Waals surface area (Å²) in [4.78, 5) is 19.1. The SMILES string of the molecule is O=C(NCC1CN(Cc2ccc(F)cc2)C1)c1cccn1-c1ncc(Cl)cc1Cl. The molecule has 3 aromatic rings. The van der Waals surface area contributed by atoms with Crippen LogP contribution in [0.4, 0.5) is 4.39 Å². The summed E-state index contributed by atoms with van der Waals surface area (Å²) in [6.45, 7) is 3.16. The molecule has 1 N–H and O–H groups in total. The smallest absolute Gasteiger partial charge is 0.268 e. The van der Waals surface area contributed by atoms with Crippen LogP contribution in [0, 0.1) is 11.7 Å². The van der Waals surface area contributed by atoms with Crippen molar-refractivity contribution < 1.29 is 9.18 Å². The standard InChI is InChI=1S/C21H19Cl2FN4O/c22-16-8-18(23)20(25-10-16)28-7-1-2-19(28)21(29)26-9-15-12-27(13-15)11-14-3-5-17(24)6-4-14/h1-8,10,15H,9,11-13H2,(H,26,29). The monoisotopic (exact) mass is 432 g/mol. The number of rotatable bonds is 6.